The van der Waals surface area contributed by atoms with Crippen LogP contribution in [0.3, 0.4) is 0 Å². The molecule has 1 amide bonds. The largest absolute Gasteiger partial charge is 0.489 e. The van der Waals surface area contributed by atoms with Crippen LogP contribution in [0.5, 0.6) is 11.5 Å². The third-order valence-electron chi connectivity index (χ3n) is 8.41. The molecule has 3 aromatic carbocycles. The number of ether oxygens (including phenoxy) is 3. The molecule has 50 heavy (non-hydrogen) atoms. The Hall–Kier alpha value is -3.69. The normalized spacial score (nSPS) is 17.0. The number of rotatable bonds is 15. The minimum Gasteiger partial charge on any atom is -0.489 e. The van der Waals surface area contributed by atoms with E-state index in [2.05, 4.69) is 4.74 Å². The van der Waals surface area contributed by atoms with E-state index in [-0.39, 0.29) is 65.1 Å². The molecule has 2 atom stereocenters. The summed E-state index contributed by atoms with van der Waals surface area (Å²) in [7, 11) is -0.870. The predicted molar refractivity (Wildman–Crippen MR) is 183 cm³/mol. The van der Waals surface area contributed by atoms with Gasteiger partial charge >= 0.3 is 12.6 Å². The van der Waals surface area contributed by atoms with E-state index in [9.17, 15) is 32.0 Å². The van der Waals surface area contributed by atoms with Gasteiger partial charge in [0.2, 0.25) is 10.0 Å². The lowest BCUT2D eigenvalue weighted by Gasteiger charge is -2.27. The second-order valence-electron chi connectivity index (χ2n) is 12.4. The van der Waals surface area contributed by atoms with E-state index < -0.39 is 40.5 Å². The van der Waals surface area contributed by atoms with Gasteiger partial charge in [0.05, 0.1) is 18.0 Å². The first kappa shape index (κ1) is 37.6. The Bertz CT molecular complexity index is 1800. The highest BCUT2D eigenvalue weighted by Gasteiger charge is 2.41. The zero-order valence-corrected chi connectivity index (χ0v) is 29.6. The average molecular weight is 757 g/mol. The summed E-state index contributed by atoms with van der Waals surface area (Å²) in [6, 6.07) is 12.1. The lowest BCUT2D eigenvalue weighted by atomic mass is 10.00. The van der Waals surface area contributed by atoms with Gasteiger partial charge in [0.25, 0.3) is 5.91 Å². The van der Waals surface area contributed by atoms with Crippen LogP contribution in [-0.4, -0.2) is 74.6 Å². The summed E-state index contributed by atoms with van der Waals surface area (Å²) in [5, 5.41) is 9.62. The van der Waals surface area contributed by atoms with Crippen molar-refractivity contribution >= 4 is 50.8 Å². The first-order valence-corrected chi connectivity index (χ1v) is 18.2. The highest BCUT2D eigenvalue weighted by molar-refractivity contribution is 7.88. The Labute approximate surface area is 299 Å². The third-order valence-corrected chi connectivity index (χ3v) is 10.9. The zero-order chi connectivity index (χ0) is 36.2. The molecule has 1 aliphatic carbocycles. The summed E-state index contributed by atoms with van der Waals surface area (Å²) in [5.74, 6) is -1.45. The van der Waals surface area contributed by atoms with E-state index >= 15 is 0 Å². The van der Waals surface area contributed by atoms with Crippen molar-refractivity contribution in [2.24, 2.45) is 5.92 Å². The molecule has 1 aliphatic heterocycles. The van der Waals surface area contributed by atoms with Crippen molar-refractivity contribution in [2.45, 2.75) is 56.6 Å². The van der Waals surface area contributed by atoms with Crippen LogP contribution >= 0.6 is 23.2 Å². The van der Waals surface area contributed by atoms with E-state index in [1.54, 1.807) is 32.3 Å². The Morgan fingerprint density at radius 1 is 1.04 bits per heavy atom. The molecule has 1 saturated heterocycles. The van der Waals surface area contributed by atoms with E-state index in [0.717, 1.165) is 17.1 Å². The van der Waals surface area contributed by atoms with Gasteiger partial charge in [0.15, 0.2) is 11.5 Å². The van der Waals surface area contributed by atoms with Gasteiger partial charge in [0.1, 0.15) is 12.1 Å². The SMILES string of the molecule is CN(C)C(=O)c1cccc(CS(=O)(=O)N2CCC[C@H]2C(=O)O[C@@H](Cc2c(Cl)cc(NO)cc2Cl)c2ccc(OC(F)F)c(OCC3CC3)c2)c1. The summed E-state index contributed by atoms with van der Waals surface area (Å²) in [5.41, 5.74) is 3.57. The number of sulfonamides is 1. The van der Waals surface area contributed by atoms with Crippen molar-refractivity contribution in [2.75, 3.05) is 32.7 Å². The number of nitrogens with one attached hydrogen (secondary N) is 1. The highest BCUT2D eigenvalue weighted by atomic mass is 35.5. The molecular formula is C34H37Cl2F2N3O8S. The molecule has 5 rings (SSSR count). The molecule has 0 spiro atoms. The van der Waals surface area contributed by atoms with Gasteiger partial charge in [-0.05, 0) is 84.7 Å². The summed E-state index contributed by atoms with van der Waals surface area (Å²) in [6.07, 6.45) is 1.25. The van der Waals surface area contributed by atoms with Crippen molar-refractivity contribution in [1.82, 2.24) is 9.21 Å². The first-order chi connectivity index (χ1) is 23.7. The van der Waals surface area contributed by atoms with E-state index in [1.165, 1.54) is 41.3 Å². The maximum Gasteiger partial charge on any atom is 0.387 e. The number of hydrogen-bond donors (Lipinski definition) is 2. The monoisotopic (exact) mass is 755 g/mol. The standard InChI is InChI=1S/C34H37Cl2F2N3O8S/c1-40(2)32(42)23-6-3-5-21(13-23)19-50(45,46)41-12-4-7-28(41)33(43)48-30(17-25-26(35)15-24(39-44)16-27(25)36)22-10-11-29(49-34(37)38)31(14-22)47-18-20-8-9-20/h3,5-6,10-11,13-16,20,28,30,34,39,44H,4,7-9,12,17-19H2,1-2H3/t28-,30-/m0/s1. The molecule has 0 aromatic heterocycles. The Morgan fingerprint density at radius 3 is 2.40 bits per heavy atom. The van der Waals surface area contributed by atoms with Gasteiger partial charge < -0.3 is 19.1 Å². The minimum atomic E-state index is -4.06. The number of nitrogens with zero attached hydrogens (tertiary/aromatic N) is 2. The van der Waals surface area contributed by atoms with Crippen molar-refractivity contribution in [3.63, 3.8) is 0 Å². The smallest absolute Gasteiger partial charge is 0.387 e. The van der Waals surface area contributed by atoms with Gasteiger partial charge in [0, 0.05) is 42.7 Å². The highest BCUT2D eigenvalue weighted by Crippen LogP contribution is 2.39. The van der Waals surface area contributed by atoms with Crippen LogP contribution in [0.2, 0.25) is 10.0 Å². The molecule has 0 bridgehead atoms. The number of anilines is 1. The van der Waals surface area contributed by atoms with Crippen molar-refractivity contribution < 1.29 is 46.2 Å². The summed E-state index contributed by atoms with van der Waals surface area (Å²) < 4.78 is 71.5. The summed E-state index contributed by atoms with van der Waals surface area (Å²) in [6.45, 7) is -2.75. The lowest BCUT2D eigenvalue weighted by molar-refractivity contribution is -0.153. The number of esters is 1. The zero-order valence-electron chi connectivity index (χ0n) is 27.3. The number of halogens is 4. The number of benzene rings is 3. The maximum atomic E-state index is 13.9. The number of hydrogen-bond acceptors (Lipinski definition) is 9. The number of carbonyl (C=O) groups excluding carboxylic acids is 2. The second kappa shape index (κ2) is 16.1. The van der Waals surface area contributed by atoms with Gasteiger partial charge in [-0.2, -0.15) is 13.1 Å². The topological polar surface area (TPSA) is 135 Å². The van der Waals surface area contributed by atoms with Crippen LogP contribution < -0.4 is 15.0 Å². The minimum absolute atomic E-state index is 0.0211. The van der Waals surface area contributed by atoms with Crippen LogP contribution in [0.4, 0.5) is 14.5 Å². The molecular weight excluding hydrogens is 719 g/mol. The fourth-order valence-corrected chi connectivity index (χ4v) is 8.07. The molecule has 16 heteroatoms. The van der Waals surface area contributed by atoms with Crippen LogP contribution in [0.25, 0.3) is 0 Å². The quantitative estimate of drug-likeness (QED) is 0.128. The predicted octanol–water partition coefficient (Wildman–Crippen LogP) is 6.71. The molecule has 2 N–H and O–H groups in total. The van der Waals surface area contributed by atoms with E-state index in [4.69, 9.17) is 32.7 Å². The molecule has 1 saturated carbocycles. The Balaban J connectivity index is 1.43. The van der Waals surface area contributed by atoms with Gasteiger partial charge in [-0.3, -0.25) is 20.3 Å². The van der Waals surface area contributed by atoms with Crippen LogP contribution in [0.1, 0.15) is 58.8 Å². The fourth-order valence-electron chi connectivity index (χ4n) is 5.67. The maximum absolute atomic E-state index is 13.9. The third kappa shape index (κ3) is 9.34. The van der Waals surface area contributed by atoms with E-state index in [1.807, 2.05) is 5.48 Å². The molecule has 2 fully saturated rings. The molecule has 11 nitrogen and oxygen atoms in total. The second-order valence-corrected chi connectivity index (χ2v) is 15.2. The molecule has 3 aromatic rings. The van der Waals surface area contributed by atoms with Crippen molar-refractivity contribution in [3.05, 3.63) is 86.9 Å². The fraction of sp³-hybridized carbons (Fsp3) is 0.412. The molecule has 270 valence electrons. The van der Waals surface area contributed by atoms with E-state index in [0.29, 0.717) is 28.7 Å². The average Bonchev–Trinajstić information content (AvgIpc) is 3.75. The van der Waals surface area contributed by atoms with Crippen LogP contribution in [0, 0.1) is 5.92 Å². The number of alkyl halides is 2. The van der Waals surface area contributed by atoms with Gasteiger partial charge in [-0.15, -0.1) is 0 Å². The summed E-state index contributed by atoms with van der Waals surface area (Å²) >= 11 is 13.0. The lowest BCUT2D eigenvalue weighted by Crippen LogP contribution is -2.42. The molecule has 2 aliphatic rings. The number of carbonyl (C=O) groups is 2. The molecule has 0 radical (unpaired) electrons. The Morgan fingerprint density at radius 2 is 1.76 bits per heavy atom. The van der Waals surface area contributed by atoms with Crippen molar-refractivity contribution in [1.29, 1.82) is 0 Å². The van der Waals surface area contributed by atoms with Crippen LogP contribution in [0.15, 0.2) is 54.6 Å². The summed E-state index contributed by atoms with van der Waals surface area (Å²) in [4.78, 5) is 27.7. The first-order valence-electron chi connectivity index (χ1n) is 15.9. The molecule has 0 unspecified atom stereocenters. The Kier molecular flexibility index (Phi) is 12.1. The van der Waals surface area contributed by atoms with Crippen LogP contribution in [-0.2, 0) is 31.7 Å². The molecule has 1 heterocycles. The van der Waals surface area contributed by atoms with Gasteiger partial charge in [-0.1, -0.05) is 41.4 Å². The van der Waals surface area contributed by atoms with Gasteiger partial charge in [-0.25, -0.2) is 8.42 Å². The number of amides is 1. The van der Waals surface area contributed by atoms with Crippen molar-refractivity contribution in [3.8, 4) is 11.5 Å².